The van der Waals surface area contributed by atoms with Crippen LogP contribution in [0.25, 0.3) is 5.69 Å². The van der Waals surface area contributed by atoms with Gasteiger partial charge in [-0.25, -0.2) is 9.48 Å². The van der Waals surface area contributed by atoms with E-state index in [0.717, 1.165) is 0 Å². The quantitative estimate of drug-likeness (QED) is 0.378. The van der Waals surface area contributed by atoms with Crippen molar-refractivity contribution in [1.82, 2.24) is 15.1 Å². The minimum absolute atomic E-state index is 0.131. The van der Waals surface area contributed by atoms with E-state index in [1.807, 2.05) is 18.2 Å². The first-order valence-electron chi connectivity index (χ1n) is 11.0. The molecule has 0 bridgehead atoms. The van der Waals surface area contributed by atoms with E-state index >= 15 is 0 Å². The Morgan fingerprint density at radius 3 is 2.56 bits per heavy atom. The highest BCUT2D eigenvalue weighted by atomic mass is 19.4. The number of alkyl halides is 3. The van der Waals surface area contributed by atoms with E-state index < -0.39 is 18.1 Å². The van der Waals surface area contributed by atoms with Gasteiger partial charge in [-0.3, -0.25) is 5.32 Å². The molecular formula is C24H28F3N5O4. The second-order valence-electron chi connectivity index (χ2n) is 8.04. The van der Waals surface area contributed by atoms with Crippen LogP contribution in [-0.4, -0.2) is 41.9 Å². The molecule has 1 unspecified atom stereocenters. The first-order chi connectivity index (χ1) is 17.1. The molecule has 36 heavy (non-hydrogen) atoms. The fraction of sp³-hybridized carbons (Fsp3) is 0.333. The fourth-order valence-corrected chi connectivity index (χ4v) is 3.31. The smallest absolute Gasteiger partial charge is 0.475 e. The van der Waals surface area contributed by atoms with Gasteiger partial charge in [0.15, 0.2) is 0 Å². The van der Waals surface area contributed by atoms with E-state index in [1.165, 1.54) is 30.0 Å². The monoisotopic (exact) mass is 507 g/mol. The van der Waals surface area contributed by atoms with Crippen molar-refractivity contribution >= 4 is 11.8 Å². The van der Waals surface area contributed by atoms with Crippen LogP contribution in [-0.2, 0) is 17.9 Å². The first kappa shape index (κ1) is 26.8. The molecule has 0 fully saturated rings. The molecule has 3 rings (SSSR count). The average molecular weight is 508 g/mol. The molecular weight excluding hydrogens is 479 g/mol. The second-order valence-corrected chi connectivity index (χ2v) is 8.04. The normalized spacial score (nSPS) is 12.2. The van der Waals surface area contributed by atoms with Crippen LogP contribution >= 0.6 is 0 Å². The number of hydrogen-bond acceptors (Lipinski definition) is 6. The van der Waals surface area contributed by atoms with E-state index in [1.54, 1.807) is 26.0 Å². The Kier molecular flexibility index (Phi) is 8.78. The molecule has 0 spiro atoms. The largest absolute Gasteiger partial charge is 0.573 e. The number of nitrogens with two attached hydrogens (primary N) is 1. The maximum absolute atomic E-state index is 12.8. The van der Waals surface area contributed by atoms with E-state index in [9.17, 15) is 18.0 Å². The lowest BCUT2D eigenvalue weighted by molar-refractivity contribution is -0.274. The van der Waals surface area contributed by atoms with E-state index in [-0.39, 0.29) is 31.4 Å². The number of hydrogen-bond donors (Lipinski definition) is 3. The Hall–Kier alpha value is -3.77. The lowest BCUT2D eigenvalue weighted by Crippen LogP contribution is -2.30. The summed E-state index contributed by atoms with van der Waals surface area (Å²) in [6, 6.07) is 12.3. The number of benzene rings is 2. The number of nitrogens with one attached hydrogen (secondary N) is 2. The van der Waals surface area contributed by atoms with Gasteiger partial charge in [-0.2, -0.15) is 0 Å². The number of amides is 2. The van der Waals surface area contributed by atoms with Crippen molar-refractivity contribution in [3.05, 3.63) is 65.2 Å². The predicted molar refractivity (Wildman–Crippen MR) is 127 cm³/mol. The number of halogens is 3. The number of urea groups is 1. The Labute approximate surface area is 206 Å². The van der Waals surface area contributed by atoms with E-state index in [0.29, 0.717) is 28.5 Å². The summed E-state index contributed by atoms with van der Waals surface area (Å²) in [4.78, 5) is 12.8. The SMILES string of the molecule is COCc1ccc(OC(F)(F)F)c(CNC(=O)Nc2c(C)c(OCC(C)N)nn2-c2ccccc2)c1. The van der Waals surface area contributed by atoms with Crippen LogP contribution in [0.2, 0.25) is 0 Å². The number of methoxy groups -OCH3 is 1. The third-order valence-corrected chi connectivity index (χ3v) is 4.90. The van der Waals surface area contributed by atoms with Crippen LogP contribution in [0.1, 0.15) is 23.6 Å². The third kappa shape index (κ3) is 7.36. The van der Waals surface area contributed by atoms with Gasteiger partial charge in [0.05, 0.1) is 17.9 Å². The summed E-state index contributed by atoms with van der Waals surface area (Å²) in [5.41, 5.74) is 7.75. The standard InChI is InChI=1S/C24H28F3N5O4/c1-15(28)13-35-22-16(2)21(32(31-22)19-7-5-4-6-8-19)30-23(33)29-12-18-11-17(14-34-3)9-10-20(18)36-24(25,26)27/h4-11,15H,12-14,28H2,1-3H3,(H2,29,30,33). The molecule has 0 radical (unpaired) electrons. The number of anilines is 1. The van der Waals surface area contributed by atoms with Crippen LogP contribution in [0.3, 0.4) is 0 Å². The van der Waals surface area contributed by atoms with Gasteiger partial charge in [0, 0.05) is 25.3 Å². The number of rotatable bonds is 10. The summed E-state index contributed by atoms with van der Waals surface area (Å²) < 4.78 is 54.9. The van der Waals surface area contributed by atoms with Crippen molar-refractivity contribution in [2.45, 2.75) is 39.4 Å². The Morgan fingerprint density at radius 1 is 1.19 bits per heavy atom. The Balaban J connectivity index is 1.81. The summed E-state index contributed by atoms with van der Waals surface area (Å²) in [5.74, 6) is 0.206. The molecule has 3 aromatic rings. The fourth-order valence-electron chi connectivity index (χ4n) is 3.31. The van der Waals surface area contributed by atoms with Gasteiger partial charge in [-0.15, -0.1) is 18.3 Å². The van der Waals surface area contributed by atoms with Crippen molar-refractivity contribution in [3.8, 4) is 17.3 Å². The summed E-state index contributed by atoms with van der Waals surface area (Å²) >= 11 is 0. The Bertz CT molecular complexity index is 1170. The van der Waals surface area contributed by atoms with Gasteiger partial charge in [-0.05, 0) is 43.7 Å². The second kappa shape index (κ2) is 11.8. The van der Waals surface area contributed by atoms with Gasteiger partial charge in [-0.1, -0.05) is 24.3 Å². The zero-order valence-electron chi connectivity index (χ0n) is 20.1. The number of carbonyl (C=O) groups excluding carboxylic acids is 1. The molecule has 12 heteroatoms. The third-order valence-electron chi connectivity index (χ3n) is 4.90. The maximum atomic E-state index is 12.8. The average Bonchev–Trinajstić information content (AvgIpc) is 3.12. The van der Waals surface area contributed by atoms with E-state index in [4.69, 9.17) is 15.2 Å². The molecule has 0 aliphatic heterocycles. The summed E-state index contributed by atoms with van der Waals surface area (Å²) in [6.07, 6.45) is -4.88. The number of nitrogens with zero attached hydrogens (tertiary/aromatic N) is 2. The van der Waals surface area contributed by atoms with Crippen molar-refractivity contribution < 1.29 is 32.2 Å². The molecule has 2 amide bonds. The molecule has 4 N–H and O–H groups in total. The van der Waals surface area contributed by atoms with Crippen molar-refractivity contribution in [3.63, 3.8) is 0 Å². The molecule has 1 atom stereocenters. The van der Waals surface area contributed by atoms with Crippen LogP contribution in [0.4, 0.5) is 23.8 Å². The summed E-state index contributed by atoms with van der Waals surface area (Å²) in [7, 11) is 1.47. The lowest BCUT2D eigenvalue weighted by Gasteiger charge is -2.16. The molecule has 1 aromatic heterocycles. The van der Waals surface area contributed by atoms with Gasteiger partial charge < -0.3 is 25.3 Å². The van der Waals surface area contributed by atoms with E-state index in [2.05, 4.69) is 20.5 Å². The van der Waals surface area contributed by atoms with Crippen molar-refractivity contribution in [2.24, 2.45) is 5.73 Å². The predicted octanol–water partition coefficient (Wildman–Crippen LogP) is 4.27. The molecule has 0 saturated heterocycles. The number of aromatic nitrogens is 2. The lowest BCUT2D eigenvalue weighted by atomic mass is 10.1. The highest BCUT2D eigenvalue weighted by Crippen LogP contribution is 2.29. The summed E-state index contributed by atoms with van der Waals surface area (Å²) in [5, 5.41) is 9.73. The zero-order valence-corrected chi connectivity index (χ0v) is 20.1. The molecule has 0 saturated carbocycles. The van der Waals surface area contributed by atoms with Crippen molar-refractivity contribution in [1.29, 1.82) is 0 Å². The highest BCUT2D eigenvalue weighted by molar-refractivity contribution is 5.89. The van der Waals surface area contributed by atoms with Gasteiger partial charge >= 0.3 is 12.4 Å². The molecule has 194 valence electrons. The van der Waals surface area contributed by atoms with Crippen LogP contribution in [0.5, 0.6) is 11.6 Å². The van der Waals surface area contributed by atoms with Gasteiger partial charge in [0.1, 0.15) is 18.2 Å². The number of para-hydroxylation sites is 1. The number of carbonyl (C=O) groups is 1. The minimum Gasteiger partial charge on any atom is -0.475 e. The molecule has 9 nitrogen and oxygen atoms in total. The number of ether oxygens (including phenoxy) is 3. The van der Waals surface area contributed by atoms with Crippen LogP contribution < -0.4 is 25.8 Å². The van der Waals surface area contributed by atoms with Gasteiger partial charge in [0.2, 0.25) is 5.88 Å². The molecule has 0 aliphatic carbocycles. The molecule has 1 heterocycles. The van der Waals surface area contributed by atoms with Crippen LogP contribution in [0.15, 0.2) is 48.5 Å². The topological polar surface area (TPSA) is 113 Å². The van der Waals surface area contributed by atoms with Gasteiger partial charge in [0.25, 0.3) is 0 Å². The van der Waals surface area contributed by atoms with Crippen molar-refractivity contribution in [2.75, 3.05) is 19.0 Å². The highest BCUT2D eigenvalue weighted by Gasteiger charge is 2.32. The molecule has 0 aliphatic rings. The molecule has 2 aromatic carbocycles. The first-order valence-corrected chi connectivity index (χ1v) is 11.0. The Morgan fingerprint density at radius 2 is 1.92 bits per heavy atom. The maximum Gasteiger partial charge on any atom is 0.573 e. The minimum atomic E-state index is -4.88. The summed E-state index contributed by atoms with van der Waals surface area (Å²) in [6.45, 7) is 3.68. The van der Waals surface area contributed by atoms with Crippen LogP contribution in [0, 0.1) is 6.92 Å². The zero-order chi connectivity index (χ0) is 26.3.